The fourth-order valence-electron chi connectivity index (χ4n) is 2.48. The minimum atomic E-state index is -0.689. The molecule has 0 fully saturated rings. The molecule has 5 heteroatoms. The van der Waals surface area contributed by atoms with Crippen LogP contribution in [0, 0.1) is 17.2 Å². The zero-order chi connectivity index (χ0) is 14.7. The number of thiazole rings is 1. The maximum Gasteiger partial charge on any atom is 0.243 e. The third kappa shape index (κ3) is 3.11. The lowest BCUT2D eigenvalue weighted by Crippen LogP contribution is -2.23. The topological polar surface area (TPSA) is 65.8 Å². The Balaban J connectivity index is 1.66. The summed E-state index contributed by atoms with van der Waals surface area (Å²) in [6.45, 7) is 0. The van der Waals surface area contributed by atoms with Gasteiger partial charge >= 0.3 is 0 Å². The highest BCUT2D eigenvalue weighted by Crippen LogP contribution is 2.30. The van der Waals surface area contributed by atoms with Crippen LogP contribution in [0.5, 0.6) is 0 Å². The second-order valence-corrected chi connectivity index (χ2v) is 6.19. The highest BCUT2D eigenvalue weighted by molar-refractivity contribution is 7.15. The Labute approximate surface area is 127 Å². The first-order chi connectivity index (χ1) is 10.3. The zero-order valence-corrected chi connectivity index (χ0v) is 12.3. The summed E-state index contributed by atoms with van der Waals surface area (Å²) in [6.07, 6.45) is 3.62. The van der Waals surface area contributed by atoms with Gasteiger partial charge in [-0.05, 0) is 31.2 Å². The molecule has 21 heavy (non-hydrogen) atoms. The third-order valence-electron chi connectivity index (χ3n) is 3.58. The molecule has 1 aromatic heterocycles. The van der Waals surface area contributed by atoms with Crippen molar-refractivity contribution >= 4 is 22.4 Å². The smallest absolute Gasteiger partial charge is 0.243 e. The molecular formula is C16H15N3OS. The number of carbonyl (C=O) groups excluding carboxylic acids is 1. The van der Waals surface area contributed by atoms with Crippen molar-refractivity contribution in [2.24, 2.45) is 5.92 Å². The van der Waals surface area contributed by atoms with Crippen LogP contribution in [0.2, 0.25) is 0 Å². The molecule has 3 rings (SSSR count). The minimum absolute atomic E-state index is 0.270. The number of nitrogens with zero attached hydrogens (tertiary/aromatic N) is 2. The van der Waals surface area contributed by atoms with Crippen molar-refractivity contribution in [1.29, 1.82) is 5.26 Å². The van der Waals surface area contributed by atoms with E-state index in [1.165, 1.54) is 16.2 Å². The van der Waals surface area contributed by atoms with Crippen molar-refractivity contribution in [3.8, 4) is 6.07 Å². The molecule has 0 aliphatic heterocycles. The van der Waals surface area contributed by atoms with Crippen molar-refractivity contribution < 1.29 is 4.79 Å². The number of carbonyl (C=O) groups is 1. The van der Waals surface area contributed by atoms with Crippen LogP contribution in [0.3, 0.4) is 0 Å². The molecule has 1 aliphatic rings. The average molecular weight is 297 g/mol. The van der Waals surface area contributed by atoms with Crippen LogP contribution >= 0.6 is 11.3 Å². The van der Waals surface area contributed by atoms with Crippen molar-refractivity contribution in [2.75, 3.05) is 5.32 Å². The number of aromatic nitrogens is 1. The number of anilines is 1. The molecule has 0 saturated carbocycles. The van der Waals surface area contributed by atoms with Crippen LogP contribution in [0.4, 0.5) is 5.13 Å². The highest BCUT2D eigenvalue weighted by atomic mass is 32.1. The van der Waals surface area contributed by atoms with E-state index in [-0.39, 0.29) is 5.91 Å². The molecule has 1 aromatic carbocycles. The van der Waals surface area contributed by atoms with E-state index in [0.717, 1.165) is 30.5 Å². The van der Waals surface area contributed by atoms with Gasteiger partial charge < -0.3 is 5.32 Å². The predicted molar refractivity (Wildman–Crippen MR) is 82.0 cm³/mol. The number of aryl methyl sites for hydroxylation is 2. The summed E-state index contributed by atoms with van der Waals surface area (Å²) in [7, 11) is 0. The second kappa shape index (κ2) is 6.06. The van der Waals surface area contributed by atoms with Crippen LogP contribution < -0.4 is 5.32 Å². The number of hydrogen-bond donors (Lipinski definition) is 1. The maximum absolute atomic E-state index is 12.2. The molecule has 1 heterocycles. The van der Waals surface area contributed by atoms with Gasteiger partial charge in [0.2, 0.25) is 5.91 Å². The molecule has 0 bridgehead atoms. The number of hydrogen-bond acceptors (Lipinski definition) is 4. The van der Waals surface area contributed by atoms with Crippen LogP contribution in [0.15, 0.2) is 30.3 Å². The molecule has 1 aliphatic carbocycles. The van der Waals surface area contributed by atoms with E-state index in [0.29, 0.717) is 11.6 Å². The van der Waals surface area contributed by atoms with Gasteiger partial charge in [0.25, 0.3) is 0 Å². The van der Waals surface area contributed by atoms with Crippen LogP contribution in [0.1, 0.15) is 22.6 Å². The summed E-state index contributed by atoms with van der Waals surface area (Å²) in [6, 6.07) is 11.7. The van der Waals surface area contributed by atoms with E-state index >= 15 is 0 Å². The Kier molecular flexibility index (Phi) is 3.98. The van der Waals surface area contributed by atoms with E-state index in [1.807, 2.05) is 30.3 Å². The number of nitrogens with one attached hydrogen (secondary N) is 1. The average Bonchev–Trinajstić information content (AvgIpc) is 3.06. The summed E-state index contributed by atoms with van der Waals surface area (Å²) in [5.74, 6) is -0.958. The van der Waals surface area contributed by atoms with Gasteiger partial charge in [0.15, 0.2) is 5.13 Å². The van der Waals surface area contributed by atoms with Crippen molar-refractivity contribution in [2.45, 2.75) is 25.7 Å². The van der Waals surface area contributed by atoms with Crippen LogP contribution in [-0.4, -0.2) is 10.9 Å². The van der Waals surface area contributed by atoms with Gasteiger partial charge in [0, 0.05) is 4.88 Å². The summed E-state index contributed by atoms with van der Waals surface area (Å²) in [5, 5.41) is 12.6. The lowest BCUT2D eigenvalue weighted by atomic mass is 10.00. The first kappa shape index (κ1) is 13.8. The summed E-state index contributed by atoms with van der Waals surface area (Å²) in [5.41, 5.74) is 2.09. The van der Waals surface area contributed by atoms with Crippen LogP contribution in [-0.2, 0) is 24.1 Å². The molecule has 1 N–H and O–H groups in total. The molecular weight excluding hydrogens is 282 g/mol. The molecule has 0 saturated heterocycles. The Bertz CT molecular complexity index is 666. The highest BCUT2D eigenvalue weighted by Gasteiger charge is 2.22. The first-order valence-corrected chi connectivity index (χ1v) is 7.81. The number of rotatable bonds is 4. The van der Waals surface area contributed by atoms with Crippen molar-refractivity contribution in [3.63, 3.8) is 0 Å². The Hall–Kier alpha value is -2.19. The number of fused-ring (bicyclic) bond motifs is 1. The van der Waals surface area contributed by atoms with Gasteiger partial charge in [-0.25, -0.2) is 4.98 Å². The fourth-order valence-corrected chi connectivity index (χ4v) is 3.54. The molecule has 1 amide bonds. The van der Waals surface area contributed by atoms with Gasteiger partial charge in [0.05, 0.1) is 11.8 Å². The molecule has 0 spiro atoms. The number of amides is 1. The number of nitriles is 1. The normalized spacial score (nSPS) is 14.2. The van der Waals surface area contributed by atoms with E-state index < -0.39 is 5.92 Å². The Morgan fingerprint density at radius 1 is 1.38 bits per heavy atom. The Morgan fingerprint density at radius 2 is 2.19 bits per heavy atom. The zero-order valence-electron chi connectivity index (χ0n) is 11.5. The summed E-state index contributed by atoms with van der Waals surface area (Å²) < 4.78 is 0. The predicted octanol–water partition coefficient (Wildman–Crippen LogP) is 2.95. The molecule has 4 nitrogen and oxygen atoms in total. The van der Waals surface area contributed by atoms with E-state index in [4.69, 9.17) is 0 Å². The van der Waals surface area contributed by atoms with E-state index in [2.05, 4.69) is 16.4 Å². The summed E-state index contributed by atoms with van der Waals surface area (Å²) >= 11 is 1.53. The molecule has 1 atom stereocenters. The van der Waals surface area contributed by atoms with Crippen molar-refractivity contribution in [1.82, 2.24) is 4.98 Å². The quantitative estimate of drug-likeness (QED) is 0.943. The third-order valence-corrected chi connectivity index (χ3v) is 4.65. The van der Waals surface area contributed by atoms with Gasteiger partial charge in [0.1, 0.15) is 5.92 Å². The SMILES string of the molecule is N#CC(Cc1ccccc1)C(=O)Nc1nc2c(s1)CCC2. The van der Waals surface area contributed by atoms with Gasteiger partial charge in [-0.3, -0.25) is 4.79 Å². The first-order valence-electron chi connectivity index (χ1n) is 6.99. The lowest BCUT2D eigenvalue weighted by Gasteiger charge is -2.08. The molecule has 0 radical (unpaired) electrons. The van der Waals surface area contributed by atoms with Crippen molar-refractivity contribution in [3.05, 3.63) is 46.5 Å². The maximum atomic E-state index is 12.2. The molecule has 106 valence electrons. The standard InChI is InChI=1S/C16H15N3OS/c17-10-12(9-11-5-2-1-3-6-11)15(20)19-16-18-13-7-4-8-14(13)21-16/h1-3,5-6,12H,4,7-9H2,(H,18,19,20). The van der Waals surface area contributed by atoms with Gasteiger partial charge in [-0.2, -0.15) is 5.26 Å². The minimum Gasteiger partial charge on any atom is -0.301 e. The second-order valence-electron chi connectivity index (χ2n) is 5.10. The van der Waals surface area contributed by atoms with Crippen LogP contribution in [0.25, 0.3) is 0 Å². The number of benzene rings is 1. The fraction of sp³-hybridized carbons (Fsp3) is 0.312. The molecule has 1 unspecified atom stereocenters. The summed E-state index contributed by atoms with van der Waals surface area (Å²) in [4.78, 5) is 17.9. The monoisotopic (exact) mass is 297 g/mol. The largest absolute Gasteiger partial charge is 0.301 e. The van der Waals surface area contributed by atoms with E-state index in [9.17, 15) is 10.1 Å². The van der Waals surface area contributed by atoms with Gasteiger partial charge in [-0.1, -0.05) is 30.3 Å². The van der Waals surface area contributed by atoms with E-state index in [1.54, 1.807) is 0 Å². The Morgan fingerprint density at radius 3 is 2.90 bits per heavy atom. The molecule has 2 aromatic rings. The lowest BCUT2D eigenvalue weighted by molar-refractivity contribution is -0.118. The van der Waals surface area contributed by atoms with Gasteiger partial charge in [-0.15, -0.1) is 11.3 Å².